The Morgan fingerprint density at radius 2 is 2.20 bits per heavy atom. The van der Waals surface area contributed by atoms with Crippen molar-refractivity contribution in [3.63, 3.8) is 0 Å². The van der Waals surface area contributed by atoms with E-state index in [0.717, 1.165) is 43.7 Å². The first-order valence-electron chi connectivity index (χ1n) is 5.66. The van der Waals surface area contributed by atoms with Crippen LogP contribution in [0.1, 0.15) is 37.2 Å². The molecule has 0 unspecified atom stereocenters. The summed E-state index contributed by atoms with van der Waals surface area (Å²) in [5.74, 6) is 0.964. The summed E-state index contributed by atoms with van der Waals surface area (Å²) >= 11 is 0. The molecule has 0 aromatic carbocycles. The van der Waals surface area contributed by atoms with E-state index >= 15 is 0 Å². The lowest BCUT2D eigenvalue weighted by molar-refractivity contribution is 0.116. The van der Waals surface area contributed by atoms with Crippen molar-refractivity contribution in [1.82, 2.24) is 15.3 Å². The van der Waals surface area contributed by atoms with Gasteiger partial charge in [-0.25, -0.2) is 4.98 Å². The zero-order valence-corrected chi connectivity index (χ0v) is 9.16. The summed E-state index contributed by atoms with van der Waals surface area (Å²) in [4.78, 5) is 7.36. The molecule has 1 aliphatic carbocycles. The Morgan fingerprint density at radius 3 is 2.80 bits per heavy atom. The second kappa shape index (κ2) is 4.77. The van der Waals surface area contributed by atoms with Crippen LogP contribution in [0.2, 0.25) is 0 Å². The van der Waals surface area contributed by atoms with E-state index in [1.807, 2.05) is 13.1 Å². The minimum Gasteiger partial charge on any atom is -0.393 e. The van der Waals surface area contributed by atoms with Gasteiger partial charge in [-0.2, -0.15) is 0 Å². The molecule has 1 aromatic rings. The van der Waals surface area contributed by atoms with Crippen LogP contribution >= 0.6 is 0 Å². The average molecular weight is 209 g/mol. The van der Waals surface area contributed by atoms with Crippen LogP contribution < -0.4 is 5.32 Å². The summed E-state index contributed by atoms with van der Waals surface area (Å²) in [6, 6.07) is 0.553. The van der Waals surface area contributed by atoms with Crippen molar-refractivity contribution < 1.29 is 5.11 Å². The number of aromatic amines is 1. The van der Waals surface area contributed by atoms with E-state index in [9.17, 15) is 5.11 Å². The predicted molar refractivity (Wildman–Crippen MR) is 58.4 cm³/mol. The zero-order valence-electron chi connectivity index (χ0n) is 9.16. The Balaban J connectivity index is 1.74. The van der Waals surface area contributed by atoms with Crippen molar-refractivity contribution in [2.45, 2.75) is 51.3 Å². The first-order valence-corrected chi connectivity index (χ1v) is 5.66. The van der Waals surface area contributed by atoms with Gasteiger partial charge >= 0.3 is 0 Å². The molecule has 0 saturated heterocycles. The normalized spacial score (nSPS) is 26.8. The average Bonchev–Trinajstić information content (AvgIpc) is 2.64. The van der Waals surface area contributed by atoms with Crippen molar-refractivity contribution in [2.75, 3.05) is 0 Å². The summed E-state index contributed by atoms with van der Waals surface area (Å²) in [5, 5.41) is 12.9. The number of H-pyrrole nitrogens is 1. The number of nitrogens with zero attached hydrogens (tertiary/aromatic N) is 1. The Morgan fingerprint density at radius 1 is 1.47 bits per heavy atom. The van der Waals surface area contributed by atoms with E-state index in [1.165, 1.54) is 0 Å². The summed E-state index contributed by atoms with van der Waals surface area (Å²) in [6.45, 7) is 2.81. The molecule has 1 aromatic heterocycles. The van der Waals surface area contributed by atoms with Crippen LogP contribution in [0.3, 0.4) is 0 Å². The number of hydrogen-bond donors (Lipinski definition) is 3. The van der Waals surface area contributed by atoms with Gasteiger partial charge in [0.25, 0.3) is 0 Å². The van der Waals surface area contributed by atoms with Crippen molar-refractivity contribution in [2.24, 2.45) is 0 Å². The van der Waals surface area contributed by atoms with Gasteiger partial charge in [-0.15, -0.1) is 0 Å². The summed E-state index contributed by atoms with van der Waals surface area (Å²) in [7, 11) is 0. The maximum atomic E-state index is 9.37. The largest absolute Gasteiger partial charge is 0.393 e. The van der Waals surface area contributed by atoms with Crippen LogP contribution in [0.25, 0.3) is 0 Å². The highest BCUT2D eigenvalue weighted by molar-refractivity contribution is 4.99. The fraction of sp³-hybridized carbons (Fsp3) is 0.727. The molecule has 3 N–H and O–H groups in total. The number of rotatable bonds is 3. The molecule has 0 aliphatic heterocycles. The number of hydrogen-bond acceptors (Lipinski definition) is 3. The molecular formula is C11H19N3O. The molecule has 0 bridgehead atoms. The summed E-state index contributed by atoms with van der Waals surface area (Å²) in [6.07, 6.45) is 5.82. The second-order valence-corrected chi connectivity index (χ2v) is 4.38. The van der Waals surface area contributed by atoms with Crippen LogP contribution in [0.15, 0.2) is 6.20 Å². The number of nitrogens with one attached hydrogen (secondary N) is 2. The van der Waals surface area contributed by atoms with E-state index < -0.39 is 0 Å². The van der Waals surface area contributed by atoms with Crippen molar-refractivity contribution in [3.8, 4) is 0 Å². The number of aryl methyl sites for hydroxylation is 1. The van der Waals surface area contributed by atoms with E-state index in [0.29, 0.717) is 6.04 Å². The van der Waals surface area contributed by atoms with Gasteiger partial charge in [0.05, 0.1) is 6.10 Å². The number of aliphatic hydroxyl groups is 1. The quantitative estimate of drug-likeness (QED) is 0.699. The van der Waals surface area contributed by atoms with E-state index in [4.69, 9.17) is 0 Å². The van der Waals surface area contributed by atoms with E-state index in [2.05, 4.69) is 15.3 Å². The predicted octanol–water partition coefficient (Wildman–Crippen LogP) is 1.11. The lowest BCUT2D eigenvalue weighted by Gasteiger charge is -2.26. The van der Waals surface area contributed by atoms with Crippen molar-refractivity contribution >= 4 is 0 Å². The number of imidazole rings is 1. The van der Waals surface area contributed by atoms with Gasteiger partial charge in [0.15, 0.2) is 0 Å². The van der Waals surface area contributed by atoms with E-state index in [1.54, 1.807) is 0 Å². The van der Waals surface area contributed by atoms with Gasteiger partial charge in [0.1, 0.15) is 5.82 Å². The Hall–Kier alpha value is -0.870. The molecule has 0 spiro atoms. The first kappa shape index (κ1) is 10.6. The first-order chi connectivity index (χ1) is 7.24. The van der Waals surface area contributed by atoms with Gasteiger partial charge in [0, 0.05) is 24.5 Å². The van der Waals surface area contributed by atoms with Gasteiger partial charge < -0.3 is 15.4 Å². The summed E-state index contributed by atoms with van der Waals surface area (Å²) in [5.41, 5.74) is 1.14. The smallest absolute Gasteiger partial charge is 0.103 e. The lowest BCUT2D eigenvalue weighted by Crippen LogP contribution is -2.34. The third-order valence-corrected chi connectivity index (χ3v) is 3.03. The standard InChI is InChI=1S/C11H19N3O/c1-8-12-6-10(14-8)7-13-9-2-4-11(15)5-3-9/h6,9,11,13,15H,2-5,7H2,1H3,(H,12,14). The third-order valence-electron chi connectivity index (χ3n) is 3.03. The molecule has 1 saturated carbocycles. The van der Waals surface area contributed by atoms with Crippen molar-refractivity contribution in [3.05, 3.63) is 17.7 Å². The fourth-order valence-electron chi connectivity index (χ4n) is 2.10. The second-order valence-electron chi connectivity index (χ2n) is 4.38. The molecule has 2 rings (SSSR count). The molecule has 15 heavy (non-hydrogen) atoms. The maximum absolute atomic E-state index is 9.37. The van der Waals surface area contributed by atoms with Crippen LogP contribution in [0.5, 0.6) is 0 Å². The molecule has 0 amide bonds. The van der Waals surface area contributed by atoms with Crippen LogP contribution in [0, 0.1) is 6.92 Å². The highest BCUT2D eigenvalue weighted by Crippen LogP contribution is 2.18. The number of aliphatic hydroxyl groups excluding tert-OH is 1. The molecule has 4 heteroatoms. The van der Waals surface area contributed by atoms with Crippen LogP contribution in [-0.2, 0) is 6.54 Å². The Labute approximate surface area is 90.1 Å². The highest BCUT2D eigenvalue weighted by Gasteiger charge is 2.18. The molecule has 0 atom stereocenters. The minimum atomic E-state index is -0.0718. The van der Waals surface area contributed by atoms with E-state index in [-0.39, 0.29) is 6.10 Å². The monoisotopic (exact) mass is 209 g/mol. The zero-order chi connectivity index (χ0) is 10.7. The molecule has 4 nitrogen and oxygen atoms in total. The van der Waals surface area contributed by atoms with Gasteiger partial charge in [-0.1, -0.05) is 0 Å². The Bertz CT molecular complexity index is 303. The van der Waals surface area contributed by atoms with Crippen LogP contribution in [0.4, 0.5) is 0 Å². The van der Waals surface area contributed by atoms with Crippen molar-refractivity contribution in [1.29, 1.82) is 0 Å². The number of aromatic nitrogens is 2. The molecular weight excluding hydrogens is 190 g/mol. The molecule has 1 fully saturated rings. The fourth-order valence-corrected chi connectivity index (χ4v) is 2.10. The maximum Gasteiger partial charge on any atom is 0.103 e. The van der Waals surface area contributed by atoms with Gasteiger partial charge in [-0.05, 0) is 32.6 Å². The topological polar surface area (TPSA) is 60.9 Å². The SMILES string of the molecule is Cc1ncc(CNC2CCC(O)CC2)[nH]1. The third kappa shape index (κ3) is 3.04. The van der Waals surface area contributed by atoms with Gasteiger partial charge in [0.2, 0.25) is 0 Å². The molecule has 0 radical (unpaired) electrons. The van der Waals surface area contributed by atoms with Gasteiger partial charge in [-0.3, -0.25) is 0 Å². The lowest BCUT2D eigenvalue weighted by atomic mass is 9.93. The van der Waals surface area contributed by atoms with Crippen LogP contribution in [-0.4, -0.2) is 27.2 Å². The minimum absolute atomic E-state index is 0.0718. The Kier molecular flexibility index (Phi) is 3.38. The highest BCUT2D eigenvalue weighted by atomic mass is 16.3. The molecule has 84 valence electrons. The summed E-state index contributed by atoms with van der Waals surface area (Å²) < 4.78 is 0. The molecule has 1 aliphatic rings. The molecule has 1 heterocycles.